The van der Waals surface area contributed by atoms with E-state index in [9.17, 15) is 18.3 Å². The minimum Gasteiger partial charge on any atom is -0.386 e. The number of pyridine rings is 1. The number of thiazole rings is 2. The molecule has 2 N–H and O–H groups in total. The molecule has 0 aliphatic rings. The quantitative estimate of drug-likeness (QED) is 0.468. The highest BCUT2D eigenvalue weighted by atomic mass is 32.1. The zero-order valence-corrected chi connectivity index (χ0v) is 19.3. The third-order valence-electron chi connectivity index (χ3n) is 4.72. The first kappa shape index (κ1) is 23.8. The smallest absolute Gasteiger partial charge is 0.386 e. The van der Waals surface area contributed by atoms with Gasteiger partial charge in [-0.15, -0.1) is 22.7 Å². The summed E-state index contributed by atoms with van der Waals surface area (Å²) in [5.74, 6) is -0.551. The molecule has 10 heteroatoms. The Morgan fingerprint density at radius 2 is 1.90 bits per heavy atom. The van der Waals surface area contributed by atoms with Crippen molar-refractivity contribution in [2.75, 3.05) is 0 Å². The molecule has 3 aromatic heterocycles. The topological polar surface area (TPSA) is 70.9 Å². The molecular weight excluding hydrogens is 445 g/mol. The molecule has 5 nitrogen and oxygen atoms in total. The molecule has 0 saturated heterocycles. The molecule has 0 aliphatic carbocycles. The third kappa shape index (κ3) is 6.09. The van der Waals surface area contributed by atoms with E-state index in [2.05, 4.69) is 20.3 Å². The molecule has 0 radical (unpaired) electrons. The van der Waals surface area contributed by atoms with Crippen molar-refractivity contribution in [3.63, 3.8) is 0 Å². The Kier molecular flexibility index (Phi) is 7.46. The molecular formula is C21H25F3N4OS2. The van der Waals surface area contributed by atoms with E-state index in [4.69, 9.17) is 0 Å². The van der Waals surface area contributed by atoms with Crippen LogP contribution in [0.1, 0.15) is 53.8 Å². The van der Waals surface area contributed by atoms with Gasteiger partial charge in [-0.05, 0) is 31.4 Å². The molecule has 0 bridgehead atoms. The van der Waals surface area contributed by atoms with Crippen LogP contribution >= 0.6 is 22.7 Å². The molecule has 0 saturated carbocycles. The van der Waals surface area contributed by atoms with Crippen molar-refractivity contribution in [1.29, 1.82) is 0 Å². The Morgan fingerprint density at radius 1 is 1.16 bits per heavy atom. The number of aliphatic hydroxyl groups excluding tert-OH is 1. The predicted octanol–water partition coefficient (Wildman–Crippen LogP) is 5.29. The van der Waals surface area contributed by atoms with Crippen LogP contribution in [0.4, 0.5) is 13.2 Å². The van der Waals surface area contributed by atoms with Crippen LogP contribution in [0.25, 0.3) is 10.6 Å². The van der Waals surface area contributed by atoms with Crippen molar-refractivity contribution < 1.29 is 18.3 Å². The summed E-state index contributed by atoms with van der Waals surface area (Å²) in [5, 5.41) is 15.8. The van der Waals surface area contributed by atoms with E-state index in [1.165, 1.54) is 22.7 Å². The van der Waals surface area contributed by atoms with Crippen LogP contribution in [0.3, 0.4) is 0 Å². The summed E-state index contributed by atoms with van der Waals surface area (Å²) >= 11 is 2.95. The summed E-state index contributed by atoms with van der Waals surface area (Å²) in [6.45, 7) is 6.79. The lowest BCUT2D eigenvalue weighted by Crippen LogP contribution is -2.45. The second kappa shape index (κ2) is 9.72. The lowest BCUT2D eigenvalue weighted by Gasteiger charge is -2.25. The lowest BCUT2D eigenvalue weighted by molar-refractivity contribution is -0.165. The fourth-order valence-electron chi connectivity index (χ4n) is 3.11. The first-order valence-corrected chi connectivity index (χ1v) is 11.6. The number of hydrogen-bond donors (Lipinski definition) is 2. The van der Waals surface area contributed by atoms with Gasteiger partial charge in [-0.3, -0.25) is 4.98 Å². The SMILES string of the molecule is Cc1nc([C@H](C)O)sc1-c1csc(Cc2ccc(CNC(C(C)C)C(F)(F)F)cn2)n1. The molecule has 0 amide bonds. The van der Waals surface area contributed by atoms with Crippen molar-refractivity contribution in [2.24, 2.45) is 5.92 Å². The monoisotopic (exact) mass is 470 g/mol. The summed E-state index contributed by atoms with van der Waals surface area (Å²) in [6.07, 6.45) is -2.75. The Hall–Kier alpha value is -1.88. The Balaban J connectivity index is 1.63. The zero-order valence-electron chi connectivity index (χ0n) is 17.7. The van der Waals surface area contributed by atoms with E-state index < -0.39 is 24.2 Å². The summed E-state index contributed by atoms with van der Waals surface area (Å²) in [6, 6.07) is 2.06. The highest BCUT2D eigenvalue weighted by Gasteiger charge is 2.41. The number of aliphatic hydroxyl groups is 1. The van der Waals surface area contributed by atoms with Crippen molar-refractivity contribution in [3.8, 4) is 10.6 Å². The van der Waals surface area contributed by atoms with Crippen molar-refractivity contribution in [3.05, 3.63) is 50.7 Å². The van der Waals surface area contributed by atoms with Gasteiger partial charge in [0, 0.05) is 30.2 Å². The number of hydrogen-bond acceptors (Lipinski definition) is 7. The summed E-state index contributed by atoms with van der Waals surface area (Å²) < 4.78 is 39.2. The highest BCUT2D eigenvalue weighted by molar-refractivity contribution is 7.16. The minimum absolute atomic E-state index is 0.104. The molecule has 1 unspecified atom stereocenters. The Bertz CT molecular complexity index is 997. The number of nitrogens with zero attached hydrogens (tertiary/aromatic N) is 3. The highest BCUT2D eigenvalue weighted by Crippen LogP contribution is 2.33. The van der Waals surface area contributed by atoms with Gasteiger partial charge >= 0.3 is 6.18 Å². The largest absolute Gasteiger partial charge is 0.404 e. The maximum atomic E-state index is 13.1. The van der Waals surface area contributed by atoms with Crippen molar-refractivity contribution >= 4 is 22.7 Å². The first-order chi connectivity index (χ1) is 14.5. The molecule has 0 fully saturated rings. The summed E-state index contributed by atoms with van der Waals surface area (Å²) in [5.41, 5.74) is 3.16. The normalized spacial score (nSPS) is 14.2. The van der Waals surface area contributed by atoms with Crippen LogP contribution < -0.4 is 5.32 Å². The van der Waals surface area contributed by atoms with E-state index in [1.54, 1.807) is 33.0 Å². The second-order valence-corrected chi connectivity index (χ2v) is 9.72. The fourth-order valence-corrected chi connectivity index (χ4v) is 4.95. The lowest BCUT2D eigenvalue weighted by atomic mass is 10.0. The molecule has 2 atom stereocenters. The molecule has 31 heavy (non-hydrogen) atoms. The maximum Gasteiger partial charge on any atom is 0.404 e. The average molecular weight is 471 g/mol. The van der Waals surface area contributed by atoms with Gasteiger partial charge in [0.2, 0.25) is 0 Å². The van der Waals surface area contributed by atoms with Crippen LogP contribution in [0, 0.1) is 12.8 Å². The Morgan fingerprint density at radius 3 is 2.45 bits per heavy atom. The summed E-state index contributed by atoms with van der Waals surface area (Å²) in [7, 11) is 0. The van der Waals surface area contributed by atoms with Crippen molar-refractivity contribution in [2.45, 2.75) is 59.0 Å². The van der Waals surface area contributed by atoms with Crippen LogP contribution in [0.15, 0.2) is 23.7 Å². The number of aryl methyl sites for hydroxylation is 1. The molecule has 3 heterocycles. The van der Waals surface area contributed by atoms with Gasteiger partial charge in [0.25, 0.3) is 0 Å². The van der Waals surface area contributed by atoms with E-state index in [0.29, 0.717) is 17.0 Å². The molecule has 0 aliphatic heterocycles. The van der Waals surface area contributed by atoms with E-state index in [0.717, 1.165) is 27.0 Å². The van der Waals surface area contributed by atoms with E-state index in [-0.39, 0.29) is 6.54 Å². The van der Waals surface area contributed by atoms with Gasteiger partial charge in [-0.1, -0.05) is 19.9 Å². The van der Waals surface area contributed by atoms with Gasteiger partial charge in [0.15, 0.2) is 0 Å². The second-order valence-electron chi connectivity index (χ2n) is 7.75. The number of aromatic nitrogens is 3. The molecule has 168 valence electrons. The zero-order chi connectivity index (χ0) is 22.8. The van der Waals surface area contributed by atoms with E-state index >= 15 is 0 Å². The fraction of sp³-hybridized carbons (Fsp3) is 0.476. The summed E-state index contributed by atoms with van der Waals surface area (Å²) in [4.78, 5) is 14.4. The molecule has 3 aromatic rings. The molecule has 0 spiro atoms. The Labute approximate surface area is 187 Å². The predicted molar refractivity (Wildman–Crippen MR) is 117 cm³/mol. The average Bonchev–Trinajstić information content (AvgIpc) is 3.28. The number of nitrogens with one attached hydrogen (secondary N) is 1. The number of halogens is 3. The van der Waals surface area contributed by atoms with Crippen molar-refractivity contribution in [1.82, 2.24) is 20.3 Å². The standard InChI is InChI=1S/C21H25F3N4OS2/c1-11(2)19(21(22,23)24)26-9-14-5-6-15(25-8-14)7-17-28-16(10-30-17)18-12(3)27-20(31-18)13(4)29/h5-6,8,10-11,13,19,26,29H,7,9H2,1-4H3/t13-,19?/m0/s1. The van der Waals surface area contributed by atoms with Gasteiger partial charge in [-0.25, -0.2) is 9.97 Å². The van der Waals surface area contributed by atoms with Crippen LogP contribution in [0.2, 0.25) is 0 Å². The minimum atomic E-state index is -4.28. The van der Waals surface area contributed by atoms with Gasteiger partial charge in [0.05, 0.1) is 21.3 Å². The van der Waals surface area contributed by atoms with Crippen LogP contribution in [-0.4, -0.2) is 32.3 Å². The first-order valence-electron chi connectivity index (χ1n) is 9.88. The van der Waals surface area contributed by atoms with Gasteiger partial charge in [-0.2, -0.15) is 13.2 Å². The molecule has 0 aromatic carbocycles. The number of rotatable bonds is 8. The van der Waals surface area contributed by atoms with Crippen LogP contribution in [-0.2, 0) is 13.0 Å². The van der Waals surface area contributed by atoms with Gasteiger partial charge in [0.1, 0.15) is 17.2 Å². The number of alkyl halides is 3. The third-order valence-corrected chi connectivity index (χ3v) is 6.92. The van der Waals surface area contributed by atoms with E-state index in [1.807, 2.05) is 18.4 Å². The van der Waals surface area contributed by atoms with Gasteiger partial charge < -0.3 is 10.4 Å². The molecule has 3 rings (SSSR count). The van der Waals surface area contributed by atoms with Crippen LogP contribution in [0.5, 0.6) is 0 Å². The maximum absolute atomic E-state index is 13.1.